The number of imidazole rings is 1. The number of nitrogens with one attached hydrogen (secondary N) is 1. The lowest BCUT2D eigenvalue weighted by atomic mass is 10.1. The number of fused-ring (bicyclic) bond motifs is 1. The minimum absolute atomic E-state index is 0.128. The zero-order chi connectivity index (χ0) is 20.9. The Morgan fingerprint density at radius 2 is 2.07 bits per heavy atom. The molecular weight excluding hydrogens is 426 g/mol. The standard InChI is InChI=1S/C11H16N4O11P2/c1-14-4-15(9-6(14)10(18)13-3-12-9)11-8(17)7(16)5(25-11)2-24-28(22,23)26-27(19,20)21/h3-5,7-8,11,16-17H,2H2,1H3,(H3-,12,13,18,19,20,21,22,23)/t5-,7-,8-,11-/m1/s1. The van der Waals surface area contributed by atoms with Crippen molar-refractivity contribution in [1.82, 2.24) is 14.5 Å². The maximum atomic E-state index is 11.9. The summed E-state index contributed by atoms with van der Waals surface area (Å²) >= 11 is 0. The molecule has 5 atom stereocenters. The quantitative estimate of drug-likeness (QED) is 0.220. The van der Waals surface area contributed by atoms with Gasteiger partial charge in [-0.3, -0.25) is 18.9 Å². The van der Waals surface area contributed by atoms with Gasteiger partial charge in [-0.15, -0.1) is 0 Å². The van der Waals surface area contributed by atoms with Crippen LogP contribution in [0.2, 0.25) is 0 Å². The van der Waals surface area contributed by atoms with Crippen molar-refractivity contribution in [1.29, 1.82) is 0 Å². The molecule has 0 aliphatic carbocycles. The lowest BCUT2D eigenvalue weighted by molar-refractivity contribution is -0.745. The highest BCUT2D eigenvalue weighted by atomic mass is 31.3. The second-order valence-electron chi connectivity index (χ2n) is 5.90. The molecule has 0 radical (unpaired) electrons. The maximum absolute atomic E-state index is 11.9. The van der Waals surface area contributed by atoms with Crippen LogP contribution >= 0.6 is 15.6 Å². The summed E-state index contributed by atoms with van der Waals surface area (Å²) in [7, 11) is -9.22. The Morgan fingerprint density at radius 3 is 2.71 bits per heavy atom. The number of ether oxygens (including phenoxy) is 1. The van der Waals surface area contributed by atoms with Gasteiger partial charge in [0.25, 0.3) is 13.4 Å². The molecule has 1 unspecified atom stereocenters. The van der Waals surface area contributed by atoms with E-state index in [1.165, 1.54) is 15.5 Å². The highest BCUT2D eigenvalue weighted by molar-refractivity contribution is 7.60. The first-order chi connectivity index (χ1) is 12.9. The number of H-pyrrole nitrogens is 1. The second kappa shape index (κ2) is 7.39. The fourth-order valence-corrected chi connectivity index (χ4v) is 4.35. The number of phosphoric ester groups is 1. The molecule has 2 aromatic rings. The van der Waals surface area contributed by atoms with Crippen molar-refractivity contribution in [2.24, 2.45) is 7.05 Å². The van der Waals surface area contributed by atoms with Crippen LogP contribution in [0.3, 0.4) is 0 Å². The van der Waals surface area contributed by atoms with Gasteiger partial charge in [0.2, 0.25) is 11.7 Å². The molecule has 3 rings (SSSR count). The summed E-state index contributed by atoms with van der Waals surface area (Å²) in [6.45, 7) is -0.894. The van der Waals surface area contributed by atoms with E-state index in [4.69, 9.17) is 14.5 Å². The van der Waals surface area contributed by atoms with Crippen LogP contribution in [0.15, 0.2) is 17.4 Å². The van der Waals surface area contributed by atoms with E-state index in [1.54, 1.807) is 7.05 Å². The zero-order valence-electron chi connectivity index (χ0n) is 14.1. The fraction of sp³-hybridized carbons (Fsp3) is 0.545. The number of aliphatic hydroxyl groups excluding tert-OH is 2. The van der Waals surface area contributed by atoms with Crippen molar-refractivity contribution in [3.8, 4) is 0 Å². The van der Waals surface area contributed by atoms with Crippen LogP contribution in [0.1, 0.15) is 6.23 Å². The molecule has 0 spiro atoms. The van der Waals surface area contributed by atoms with Crippen LogP contribution in [0.4, 0.5) is 0 Å². The number of rotatable bonds is 6. The SMILES string of the molecule is Cn1c[n+]([C@@H]2O[C@H](COP(=O)([O-])OP(=O)(O)O)[C@@H](O)[C@H]2O)c2nc[nH]c(=O)c21. The number of aryl methyl sites for hydroxylation is 1. The lowest BCUT2D eigenvalue weighted by Crippen LogP contribution is -2.46. The van der Waals surface area contributed by atoms with Crippen molar-refractivity contribution < 1.29 is 52.2 Å². The molecule has 17 heteroatoms. The smallest absolute Gasteiger partial charge is 0.476 e. The van der Waals surface area contributed by atoms with Gasteiger partial charge in [-0.05, 0) is 0 Å². The number of phosphoric acid groups is 2. The normalized spacial score (nSPS) is 27.9. The Balaban J connectivity index is 1.80. The van der Waals surface area contributed by atoms with Crippen molar-refractivity contribution in [3.05, 3.63) is 23.0 Å². The van der Waals surface area contributed by atoms with Crippen LogP contribution in [-0.4, -0.2) is 59.5 Å². The van der Waals surface area contributed by atoms with Gasteiger partial charge in [-0.25, -0.2) is 13.4 Å². The van der Waals surface area contributed by atoms with Crippen molar-refractivity contribution in [2.75, 3.05) is 6.61 Å². The van der Waals surface area contributed by atoms with Gasteiger partial charge in [0.05, 0.1) is 13.7 Å². The van der Waals surface area contributed by atoms with Crippen molar-refractivity contribution >= 4 is 26.8 Å². The van der Waals surface area contributed by atoms with Gasteiger partial charge >= 0.3 is 13.5 Å². The average molecular weight is 442 g/mol. The Labute approximate surface area is 155 Å². The van der Waals surface area contributed by atoms with Gasteiger partial charge in [-0.2, -0.15) is 0 Å². The summed E-state index contributed by atoms with van der Waals surface area (Å²) in [5, 5.41) is 20.4. The molecule has 3 heterocycles. The molecule has 1 aliphatic rings. The molecule has 156 valence electrons. The van der Waals surface area contributed by atoms with E-state index in [1.807, 2.05) is 0 Å². The summed E-state index contributed by atoms with van der Waals surface area (Å²) in [5.74, 6) is 0. The Kier molecular flexibility index (Phi) is 5.59. The molecule has 28 heavy (non-hydrogen) atoms. The monoisotopic (exact) mass is 442 g/mol. The largest absolute Gasteiger partial charge is 0.756 e. The number of hydrogen-bond acceptors (Lipinski definition) is 10. The van der Waals surface area contributed by atoms with E-state index in [0.717, 1.165) is 6.33 Å². The lowest BCUT2D eigenvalue weighted by Gasteiger charge is -2.24. The fourth-order valence-electron chi connectivity index (χ4n) is 2.79. The number of nitrogens with zero attached hydrogens (tertiary/aromatic N) is 3. The summed E-state index contributed by atoms with van der Waals surface area (Å²) < 4.78 is 37.9. The predicted molar refractivity (Wildman–Crippen MR) is 84.1 cm³/mol. The van der Waals surface area contributed by atoms with E-state index < -0.39 is 52.4 Å². The van der Waals surface area contributed by atoms with Crippen LogP contribution in [0.5, 0.6) is 0 Å². The van der Waals surface area contributed by atoms with E-state index >= 15 is 0 Å². The number of aromatic amines is 1. The van der Waals surface area contributed by atoms with E-state index in [-0.39, 0.29) is 11.2 Å². The highest BCUT2D eigenvalue weighted by Crippen LogP contribution is 2.55. The number of aromatic nitrogens is 4. The Hall–Kier alpha value is -1.51. The molecule has 15 nitrogen and oxygen atoms in total. The topological polar surface area (TPSA) is 220 Å². The number of hydrogen-bond donors (Lipinski definition) is 5. The van der Waals surface area contributed by atoms with E-state index in [0.29, 0.717) is 0 Å². The Bertz CT molecular complexity index is 1030. The second-order valence-corrected chi connectivity index (χ2v) is 8.69. The summed E-state index contributed by atoms with van der Waals surface area (Å²) in [4.78, 5) is 46.8. The zero-order valence-corrected chi connectivity index (χ0v) is 15.8. The maximum Gasteiger partial charge on any atom is 0.476 e. The number of aliphatic hydroxyl groups is 2. The molecule has 0 amide bonds. The molecule has 1 saturated heterocycles. The minimum atomic E-state index is -5.40. The van der Waals surface area contributed by atoms with Crippen LogP contribution < -0.4 is 15.0 Å². The van der Waals surface area contributed by atoms with E-state index in [9.17, 15) is 29.0 Å². The third-order valence-corrected chi connectivity index (χ3v) is 6.04. The van der Waals surface area contributed by atoms with E-state index in [2.05, 4.69) is 18.8 Å². The van der Waals surface area contributed by atoms with Gasteiger partial charge in [0.15, 0.2) is 12.7 Å². The first-order valence-electron chi connectivity index (χ1n) is 7.57. The molecular formula is C11H16N4O11P2. The third kappa shape index (κ3) is 4.23. The molecule has 0 saturated carbocycles. The van der Waals surface area contributed by atoms with Crippen LogP contribution in [-0.2, 0) is 29.7 Å². The van der Waals surface area contributed by atoms with Gasteiger partial charge in [0.1, 0.15) is 18.3 Å². The van der Waals surface area contributed by atoms with Gasteiger partial charge < -0.3 is 34.2 Å². The molecule has 1 fully saturated rings. The minimum Gasteiger partial charge on any atom is -0.756 e. The molecule has 0 bridgehead atoms. The summed E-state index contributed by atoms with van der Waals surface area (Å²) in [6.07, 6.45) is -3.31. The molecule has 0 aromatic carbocycles. The molecule has 5 N–H and O–H groups in total. The first-order valence-corrected chi connectivity index (χ1v) is 10.6. The molecule has 2 aromatic heterocycles. The van der Waals surface area contributed by atoms with Gasteiger partial charge in [0, 0.05) is 0 Å². The summed E-state index contributed by atoms with van der Waals surface area (Å²) in [6, 6.07) is 0. The highest BCUT2D eigenvalue weighted by Gasteiger charge is 2.47. The average Bonchev–Trinajstić information content (AvgIpc) is 3.03. The van der Waals surface area contributed by atoms with Gasteiger partial charge in [-0.1, -0.05) is 4.98 Å². The molecule has 1 aliphatic heterocycles. The third-order valence-electron chi connectivity index (χ3n) is 3.92. The first kappa shape index (κ1) is 21.2. The van der Waals surface area contributed by atoms with Crippen molar-refractivity contribution in [3.63, 3.8) is 0 Å². The Morgan fingerprint density at radius 1 is 1.39 bits per heavy atom. The van der Waals surface area contributed by atoms with Crippen molar-refractivity contribution in [2.45, 2.75) is 24.5 Å². The van der Waals surface area contributed by atoms with Crippen LogP contribution in [0.25, 0.3) is 11.2 Å². The predicted octanol–water partition coefficient (Wildman–Crippen LogP) is -3.24. The van der Waals surface area contributed by atoms with Crippen LogP contribution in [0, 0.1) is 0 Å². The summed E-state index contributed by atoms with van der Waals surface area (Å²) in [5.41, 5.74) is -0.170.